The highest BCUT2D eigenvalue weighted by molar-refractivity contribution is 6.44. The summed E-state index contributed by atoms with van der Waals surface area (Å²) in [5, 5.41) is 17.0. The fraction of sp³-hybridized carbons (Fsp3) is 0.133. The van der Waals surface area contributed by atoms with Gasteiger partial charge in [-0.15, -0.1) is 0 Å². The van der Waals surface area contributed by atoms with Crippen LogP contribution in [0.15, 0.2) is 36.4 Å². The first-order chi connectivity index (χ1) is 10.9. The average molecular weight is 354 g/mol. The third-order valence-corrected chi connectivity index (χ3v) is 3.99. The van der Waals surface area contributed by atoms with E-state index in [1.165, 1.54) is 6.07 Å². The summed E-state index contributed by atoms with van der Waals surface area (Å²) in [7, 11) is 0. The van der Waals surface area contributed by atoms with Gasteiger partial charge in [0.15, 0.2) is 0 Å². The number of halogens is 2. The molecular weight excluding hydrogens is 341 g/mol. The number of carbonyl (C=O) groups is 1. The highest BCUT2D eigenvalue weighted by Gasteiger charge is 2.14. The Balaban J connectivity index is 2.04. The van der Waals surface area contributed by atoms with Crippen molar-refractivity contribution >= 4 is 46.2 Å². The summed E-state index contributed by atoms with van der Waals surface area (Å²) in [5.74, 6) is -0.347. The first kappa shape index (κ1) is 17.1. The number of nitrogens with zero attached hydrogens (tertiary/aromatic N) is 1. The number of nitro groups is 1. The van der Waals surface area contributed by atoms with E-state index in [4.69, 9.17) is 23.2 Å². The molecule has 23 heavy (non-hydrogen) atoms. The number of nitrogens with one attached hydrogen (secondary N) is 2. The minimum atomic E-state index is -0.466. The van der Waals surface area contributed by atoms with Gasteiger partial charge >= 0.3 is 0 Å². The van der Waals surface area contributed by atoms with Gasteiger partial charge in [0.25, 0.3) is 5.69 Å². The van der Waals surface area contributed by atoms with Gasteiger partial charge in [-0.2, -0.15) is 0 Å². The minimum Gasteiger partial charge on any atom is -0.376 e. The first-order valence-electron chi connectivity index (χ1n) is 6.62. The smallest absolute Gasteiger partial charge is 0.274 e. The predicted octanol–water partition coefficient (Wildman–Crippen LogP) is 4.26. The van der Waals surface area contributed by atoms with Gasteiger partial charge in [0, 0.05) is 17.3 Å². The molecule has 2 aromatic carbocycles. The molecule has 2 aromatic rings. The lowest BCUT2D eigenvalue weighted by Crippen LogP contribution is -2.22. The largest absolute Gasteiger partial charge is 0.376 e. The molecule has 0 unspecified atom stereocenters. The number of anilines is 2. The molecule has 0 saturated heterocycles. The van der Waals surface area contributed by atoms with Gasteiger partial charge < -0.3 is 10.6 Å². The molecule has 0 fully saturated rings. The highest BCUT2D eigenvalue weighted by atomic mass is 35.5. The maximum absolute atomic E-state index is 12.0. The van der Waals surface area contributed by atoms with E-state index in [9.17, 15) is 14.9 Å². The molecule has 0 heterocycles. The zero-order chi connectivity index (χ0) is 17.0. The number of amides is 1. The van der Waals surface area contributed by atoms with Crippen molar-refractivity contribution in [1.82, 2.24) is 0 Å². The summed E-state index contributed by atoms with van der Waals surface area (Å²) in [6, 6.07) is 9.55. The Hall–Kier alpha value is -2.31. The molecule has 0 radical (unpaired) electrons. The molecule has 0 aromatic heterocycles. The second-order valence-electron chi connectivity index (χ2n) is 4.71. The first-order valence-corrected chi connectivity index (χ1v) is 7.37. The van der Waals surface area contributed by atoms with Crippen molar-refractivity contribution in [2.24, 2.45) is 0 Å². The third kappa shape index (κ3) is 4.12. The quantitative estimate of drug-likeness (QED) is 0.621. The topological polar surface area (TPSA) is 84.3 Å². The van der Waals surface area contributed by atoms with Crippen LogP contribution in [0.5, 0.6) is 0 Å². The van der Waals surface area contributed by atoms with Crippen LogP contribution in [0.4, 0.5) is 17.1 Å². The maximum atomic E-state index is 12.0. The van der Waals surface area contributed by atoms with Gasteiger partial charge in [-0.25, -0.2) is 0 Å². The van der Waals surface area contributed by atoms with Crippen LogP contribution in [0.2, 0.25) is 10.0 Å². The number of nitro benzene ring substituents is 1. The fourth-order valence-corrected chi connectivity index (χ4v) is 2.33. The van der Waals surface area contributed by atoms with E-state index >= 15 is 0 Å². The number of hydrogen-bond donors (Lipinski definition) is 2. The lowest BCUT2D eigenvalue weighted by molar-refractivity contribution is -0.385. The predicted molar refractivity (Wildman–Crippen MR) is 91.4 cm³/mol. The summed E-state index contributed by atoms with van der Waals surface area (Å²) in [6.07, 6.45) is 0. The fourth-order valence-electron chi connectivity index (χ4n) is 1.98. The van der Waals surface area contributed by atoms with E-state index in [2.05, 4.69) is 10.6 Å². The lowest BCUT2D eigenvalue weighted by Gasteiger charge is -2.11. The molecule has 6 nitrogen and oxygen atoms in total. The molecule has 0 bridgehead atoms. The molecule has 0 aliphatic rings. The van der Waals surface area contributed by atoms with Crippen LogP contribution < -0.4 is 10.6 Å². The second kappa shape index (κ2) is 7.30. The molecule has 1 amide bonds. The second-order valence-corrected chi connectivity index (χ2v) is 5.50. The molecule has 2 N–H and O–H groups in total. The standard InChI is InChI=1S/C15H13Cl2N3O3/c1-9-11(5-3-7-13(9)20(22)23)18-8-14(21)19-12-6-2-4-10(16)15(12)17/h2-7,18H,8H2,1H3,(H,19,21). The molecule has 120 valence electrons. The van der Waals surface area contributed by atoms with Crippen molar-refractivity contribution in [1.29, 1.82) is 0 Å². The van der Waals surface area contributed by atoms with Gasteiger partial charge in [-0.3, -0.25) is 14.9 Å². The van der Waals surface area contributed by atoms with Gasteiger partial charge in [0.05, 0.1) is 27.2 Å². The summed E-state index contributed by atoms with van der Waals surface area (Å²) in [4.78, 5) is 22.4. The van der Waals surface area contributed by atoms with Gasteiger partial charge in [-0.05, 0) is 25.1 Å². The Morgan fingerprint density at radius 2 is 1.83 bits per heavy atom. The Bertz CT molecular complexity index is 766. The Morgan fingerprint density at radius 1 is 1.17 bits per heavy atom. The lowest BCUT2D eigenvalue weighted by atomic mass is 10.1. The highest BCUT2D eigenvalue weighted by Crippen LogP contribution is 2.29. The van der Waals surface area contributed by atoms with Crippen LogP contribution in [0.3, 0.4) is 0 Å². The zero-order valence-electron chi connectivity index (χ0n) is 12.1. The van der Waals surface area contributed by atoms with Crippen molar-refractivity contribution in [2.45, 2.75) is 6.92 Å². The maximum Gasteiger partial charge on any atom is 0.274 e. The third-order valence-electron chi connectivity index (χ3n) is 3.17. The number of benzene rings is 2. The van der Waals surface area contributed by atoms with E-state index in [1.54, 1.807) is 37.3 Å². The molecule has 8 heteroatoms. The van der Waals surface area contributed by atoms with E-state index in [0.29, 0.717) is 22.0 Å². The van der Waals surface area contributed by atoms with Crippen LogP contribution in [0.1, 0.15) is 5.56 Å². The van der Waals surface area contributed by atoms with E-state index in [1.807, 2.05) is 0 Å². The van der Waals surface area contributed by atoms with Gasteiger partial charge in [0.1, 0.15) is 0 Å². The number of hydrogen-bond acceptors (Lipinski definition) is 4. The normalized spacial score (nSPS) is 10.2. The van der Waals surface area contributed by atoms with Crippen molar-refractivity contribution in [3.8, 4) is 0 Å². The SMILES string of the molecule is Cc1c(NCC(=O)Nc2cccc(Cl)c2Cl)cccc1[N+](=O)[O-]. The van der Waals surface area contributed by atoms with Crippen molar-refractivity contribution < 1.29 is 9.72 Å². The summed E-state index contributed by atoms with van der Waals surface area (Å²) in [5.41, 5.74) is 1.38. The van der Waals surface area contributed by atoms with Crippen molar-refractivity contribution in [3.63, 3.8) is 0 Å². The molecule has 0 spiro atoms. The minimum absolute atomic E-state index is 0.00621. The molecular formula is C15H13Cl2N3O3. The number of rotatable bonds is 5. The van der Waals surface area contributed by atoms with Gasteiger partial charge in [0.2, 0.25) is 5.91 Å². The number of carbonyl (C=O) groups excluding carboxylic acids is 1. The van der Waals surface area contributed by atoms with E-state index in [0.717, 1.165) is 0 Å². The van der Waals surface area contributed by atoms with Gasteiger partial charge in [-0.1, -0.05) is 35.3 Å². The van der Waals surface area contributed by atoms with E-state index in [-0.39, 0.29) is 23.2 Å². The van der Waals surface area contributed by atoms with Crippen LogP contribution >= 0.6 is 23.2 Å². The van der Waals surface area contributed by atoms with Crippen LogP contribution in [0.25, 0.3) is 0 Å². The molecule has 0 saturated carbocycles. The summed E-state index contributed by atoms with van der Waals surface area (Å²) < 4.78 is 0. The summed E-state index contributed by atoms with van der Waals surface area (Å²) in [6.45, 7) is 1.55. The Labute approximate surface area is 142 Å². The van der Waals surface area contributed by atoms with Crippen molar-refractivity contribution in [2.75, 3.05) is 17.2 Å². The van der Waals surface area contributed by atoms with Crippen LogP contribution in [-0.4, -0.2) is 17.4 Å². The van der Waals surface area contributed by atoms with Crippen molar-refractivity contribution in [3.05, 3.63) is 62.1 Å². The molecule has 0 aliphatic heterocycles. The molecule has 0 aliphatic carbocycles. The molecule has 0 atom stereocenters. The Kier molecular flexibility index (Phi) is 5.41. The zero-order valence-corrected chi connectivity index (χ0v) is 13.6. The summed E-state index contributed by atoms with van der Waals surface area (Å²) >= 11 is 11.9. The van der Waals surface area contributed by atoms with E-state index < -0.39 is 4.92 Å². The van der Waals surface area contributed by atoms with Crippen LogP contribution in [0, 0.1) is 17.0 Å². The molecule has 2 rings (SSSR count). The monoisotopic (exact) mass is 353 g/mol. The average Bonchev–Trinajstić information content (AvgIpc) is 2.50. The van der Waals surface area contributed by atoms with Crippen LogP contribution in [-0.2, 0) is 4.79 Å². The Morgan fingerprint density at radius 3 is 2.52 bits per heavy atom.